The molecule has 1 amide bonds. The summed E-state index contributed by atoms with van der Waals surface area (Å²) in [6.07, 6.45) is -0.0324. The Labute approximate surface area is 136 Å². The van der Waals surface area contributed by atoms with E-state index in [-0.39, 0.29) is 0 Å². The molecule has 4 heteroatoms. The zero-order chi connectivity index (χ0) is 16.5. The minimum Gasteiger partial charge on any atom is -0.438 e. The summed E-state index contributed by atoms with van der Waals surface area (Å²) < 4.78 is 5.59. The van der Waals surface area contributed by atoms with Crippen LogP contribution in [0.4, 0.5) is 4.79 Å². The summed E-state index contributed by atoms with van der Waals surface area (Å²) in [4.78, 5) is 13.7. The Hall–Kier alpha value is -2.33. The molecule has 1 aliphatic heterocycles. The monoisotopic (exact) mass is 311 g/mol. The average Bonchev–Trinajstić information content (AvgIpc) is 2.69. The first kappa shape index (κ1) is 15.6. The molecule has 1 fully saturated rings. The van der Waals surface area contributed by atoms with Gasteiger partial charge in [0.2, 0.25) is 0 Å². The molecule has 3 rings (SSSR count). The van der Waals surface area contributed by atoms with Crippen molar-refractivity contribution in [1.29, 1.82) is 0 Å². The molecule has 0 unspecified atom stereocenters. The molecule has 23 heavy (non-hydrogen) atoms. The van der Waals surface area contributed by atoms with Crippen LogP contribution in [0.1, 0.15) is 25.0 Å². The molecule has 1 saturated heterocycles. The van der Waals surface area contributed by atoms with Gasteiger partial charge in [0.15, 0.2) is 11.3 Å². The molecule has 0 saturated carbocycles. The van der Waals surface area contributed by atoms with Gasteiger partial charge in [-0.05, 0) is 25.0 Å². The zero-order valence-corrected chi connectivity index (χ0v) is 13.4. The first-order valence-electron chi connectivity index (χ1n) is 7.73. The Morgan fingerprint density at radius 2 is 1.48 bits per heavy atom. The fraction of sp³-hybridized carbons (Fsp3) is 0.316. The van der Waals surface area contributed by atoms with Crippen LogP contribution >= 0.6 is 0 Å². The van der Waals surface area contributed by atoms with Gasteiger partial charge in [0.25, 0.3) is 0 Å². The van der Waals surface area contributed by atoms with Gasteiger partial charge in [-0.1, -0.05) is 60.7 Å². The van der Waals surface area contributed by atoms with E-state index in [0.717, 1.165) is 11.1 Å². The molecular weight excluding hydrogens is 290 g/mol. The highest BCUT2D eigenvalue weighted by molar-refractivity contribution is 5.72. The quantitative estimate of drug-likeness (QED) is 0.942. The van der Waals surface area contributed by atoms with Gasteiger partial charge in [0, 0.05) is 6.42 Å². The van der Waals surface area contributed by atoms with Gasteiger partial charge < -0.3 is 9.84 Å². The van der Waals surface area contributed by atoms with Crippen molar-refractivity contribution in [3.05, 3.63) is 71.8 Å². The van der Waals surface area contributed by atoms with Gasteiger partial charge in [-0.25, -0.2) is 4.79 Å². The lowest BCUT2D eigenvalue weighted by molar-refractivity contribution is -0.137. The van der Waals surface area contributed by atoms with Crippen molar-refractivity contribution in [2.45, 2.75) is 38.1 Å². The number of ether oxygens (including phenoxy) is 1. The molecule has 0 radical (unpaired) electrons. The van der Waals surface area contributed by atoms with E-state index < -0.39 is 17.4 Å². The molecule has 4 nitrogen and oxygen atoms in total. The van der Waals surface area contributed by atoms with Crippen molar-refractivity contribution >= 4 is 6.09 Å². The summed E-state index contributed by atoms with van der Waals surface area (Å²) in [5, 5.41) is 11.0. The highest BCUT2D eigenvalue weighted by Crippen LogP contribution is 2.40. The minimum atomic E-state index is -1.39. The van der Waals surface area contributed by atoms with E-state index >= 15 is 0 Å². The fourth-order valence-electron chi connectivity index (χ4n) is 2.98. The van der Waals surface area contributed by atoms with Crippen molar-refractivity contribution in [2.24, 2.45) is 0 Å². The van der Waals surface area contributed by atoms with E-state index in [1.807, 2.05) is 60.7 Å². The normalized spacial score (nSPS) is 27.1. The van der Waals surface area contributed by atoms with Crippen molar-refractivity contribution in [3.63, 3.8) is 0 Å². The number of hydrogen-bond donors (Lipinski definition) is 1. The van der Waals surface area contributed by atoms with E-state index in [4.69, 9.17) is 4.74 Å². The topological polar surface area (TPSA) is 49.8 Å². The number of rotatable bonds is 4. The molecule has 1 aliphatic rings. The molecule has 2 aromatic carbocycles. The molecule has 0 bridgehead atoms. The van der Waals surface area contributed by atoms with Crippen LogP contribution in [0, 0.1) is 0 Å². The van der Waals surface area contributed by atoms with E-state index in [0.29, 0.717) is 13.0 Å². The lowest BCUT2D eigenvalue weighted by Crippen LogP contribution is -2.55. The summed E-state index contributed by atoms with van der Waals surface area (Å²) in [5.74, 6) is 0. The van der Waals surface area contributed by atoms with Crippen molar-refractivity contribution in [3.8, 4) is 0 Å². The van der Waals surface area contributed by atoms with Gasteiger partial charge in [-0.3, -0.25) is 4.90 Å². The first-order valence-corrected chi connectivity index (χ1v) is 7.73. The van der Waals surface area contributed by atoms with Crippen molar-refractivity contribution in [2.75, 3.05) is 0 Å². The Balaban J connectivity index is 1.85. The predicted octanol–water partition coefficient (Wildman–Crippen LogP) is 3.35. The number of benzene rings is 2. The Bertz CT molecular complexity index is 684. The Morgan fingerprint density at radius 3 is 2.04 bits per heavy atom. The molecule has 2 atom stereocenters. The molecule has 1 heterocycles. The van der Waals surface area contributed by atoms with E-state index in [2.05, 4.69) is 0 Å². The number of carbonyl (C=O) groups excluding carboxylic acids is 1. The summed E-state index contributed by atoms with van der Waals surface area (Å²) in [6.45, 7) is 3.74. The van der Waals surface area contributed by atoms with Crippen LogP contribution in [-0.2, 0) is 17.7 Å². The maximum absolute atomic E-state index is 12.3. The predicted molar refractivity (Wildman–Crippen MR) is 87.6 cm³/mol. The number of carbonyl (C=O) groups is 1. The fourth-order valence-corrected chi connectivity index (χ4v) is 2.98. The number of amides is 1. The third-order valence-corrected chi connectivity index (χ3v) is 4.63. The number of aliphatic hydroxyl groups is 1. The highest BCUT2D eigenvalue weighted by atomic mass is 16.6. The third-order valence-electron chi connectivity index (χ3n) is 4.63. The second-order valence-corrected chi connectivity index (χ2v) is 6.35. The van der Waals surface area contributed by atoms with E-state index in [1.165, 1.54) is 4.90 Å². The Morgan fingerprint density at radius 1 is 0.957 bits per heavy atom. The number of hydrogen-bond acceptors (Lipinski definition) is 3. The van der Waals surface area contributed by atoms with Crippen LogP contribution in [0.5, 0.6) is 0 Å². The maximum Gasteiger partial charge on any atom is 0.413 e. The first-order chi connectivity index (χ1) is 10.9. The van der Waals surface area contributed by atoms with Gasteiger partial charge in [-0.2, -0.15) is 0 Å². The second kappa shape index (κ2) is 5.70. The molecule has 0 aromatic heterocycles. The molecule has 2 aromatic rings. The summed E-state index contributed by atoms with van der Waals surface area (Å²) in [7, 11) is 0. The maximum atomic E-state index is 12.3. The lowest BCUT2D eigenvalue weighted by atomic mass is 9.86. The smallest absolute Gasteiger partial charge is 0.413 e. The van der Waals surface area contributed by atoms with Crippen LogP contribution in [0.15, 0.2) is 60.7 Å². The molecule has 0 aliphatic carbocycles. The summed E-state index contributed by atoms with van der Waals surface area (Å²) >= 11 is 0. The van der Waals surface area contributed by atoms with Gasteiger partial charge in [-0.15, -0.1) is 0 Å². The molecule has 120 valence electrons. The van der Waals surface area contributed by atoms with Crippen molar-refractivity contribution < 1.29 is 14.6 Å². The van der Waals surface area contributed by atoms with Gasteiger partial charge in [0.1, 0.15) is 0 Å². The second-order valence-electron chi connectivity index (χ2n) is 6.35. The zero-order valence-electron chi connectivity index (χ0n) is 13.4. The molecule has 1 N–H and O–H groups in total. The van der Waals surface area contributed by atoms with Gasteiger partial charge >= 0.3 is 6.09 Å². The van der Waals surface area contributed by atoms with E-state index in [9.17, 15) is 9.90 Å². The van der Waals surface area contributed by atoms with Crippen LogP contribution in [0.25, 0.3) is 0 Å². The standard InChI is InChI=1S/C19H21NO3/c1-18(13-15-9-5-3-6-10-15)19(2,22)20(17(21)23-18)14-16-11-7-4-8-12-16/h3-12,22H,13-14H2,1-2H3/t18-,19-/m1/s1. The lowest BCUT2D eigenvalue weighted by Gasteiger charge is -2.37. The average molecular weight is 311 g/mol. The minimum absolute atomic E-state index is 0.317. The van der Waals surface area contributed by atoms with Crippen LogP contribution in [-0.4, -0.2) is 27.4 Å². The molecular formula is C19H21NO3. The number of cyclic esters (lactones) is 1. The highest BCUT2D eigenvalue weighted by Gasteiger charge is 2.59. The van der Waals surface area contributed by atoms with Crippen molar-refractivity contribution in [1.82, 2.24) is 4.90 Å². The van der Waals surface area contributed by atoms with Crippen LogP contribution in [0.3, 0.4) is 0 Å². The third kappa shape index (κ3) is 2.82. The van der Waals surface area contributed by atoms with Gasteiger partial charge in [0.05, 0.1) is 6.54 Å². The van der Waals surface area contributed by atoms with E-state index in [1.54, 1.807) is 13.8 Å². The van der Waals surface area contributed by atoms with Crippen LogP contribution < -0.4 is 0 Å². The summed E-state index contributed by atoms with van der Waals surface area (Å²) in [6, 6.07) is 19.3. The SMILES string of the molecule is C[C@]1(Cc2ccccc2)OC(=O)N(Cc2ccccc2)[C@]1(C)O. The number of nitrogens with zero attached hydrogens (tertiary/aromatic N) is 1. The summed E-state index contributed by atoms with van der Waals surface area (Å²) in [5.41, 5.74) is -0.422. The molecule has 0 spiro atoms. The largest absolute Gasteiger partial charge is 0.438 e. The van der Waals surface area contributed by atoms with Crippen LogP contribution in [0.2, 0.25) is 0 Å². The Kier molecular flexibility index (Phi) is 3.86.